The van der Waals surface area contributed by atoms with Crippen LogP contribution in [0.4, 0.5) is 0 Å². The lowest BCUT2D eigenvalue weighted by atomic mass is 9.96. The van der Waals surface area contributed by atoms with E-state index in [1.165, 1.54) is 0 Å². The number of nitrogens with two attached hydrogens (primary N) is 1. The smallest absolute Gasteiger partial charge is 0.0912 e. The first-order valence-electron chi connectivity index (χ1n) is 5.05. The first kappa shape index (κ1) is 12.2. The van der Waals surface area contributed by atoms with Gasteiger partial charge in [-0.15, -0.1) is 0 Å². The van der Waals surface area contributed by atoms with Crippen molar-refractivity contribution in [3.05, 3.63) is 35.4 Å². The maximum atomic E-state index is 9.52. The maximum absolute atomic E-state index is 9.52. The SMILES string of the molecule is COC(C)(C)c1ccc(C(O)CN)cc1. The van der Waals surface area contributed by atoms with E-state index in [1.807, 2.05) is 38.1 Å². The first-order chi connectivity index (χ1) is 7.01. The molecule has 0 saturated carbocycles. The predicted molar refractivity (Wildman–Crippen MR) is 60.5 cm³/mol. The molecule has 3 nitrogen and oxygen atoms in total. The minimum Gasteiger partial charge on any atom is -0.387 e. The van der Waals surface area contributed by atoms with Crippen molar-refractivity contribution in [1.82, 2.24) is 0 Å². The molecule has 1 unspecified atom stereocenters. The van der Waals surface area contributed by atoms with Crippen LogP contribution in [0.5, 0.6) is 0 Å². The lowest BCUT2D eigenvalue weighted by Gasteiger charge is -2.23. The summed E-state index contributed by atoms with van der Waals surface area (Å²) in [5.41, 5.74) is 7.00. The van der Waals surface area contributed by atoms with Crippen LogP contribution >= 0.6 is 0 Å². The zero-order valence-corrected chi connectivity index (χ0v) is 9.53. The number of hydrogen-bond donors (Lipinski definition) is 2. The molecule has 3 N–H and O–H groups in total. The second-order valence-corrected chi connectivity index (χ2v) is 4.09. The molecule has 0 aromatic heterocycles. The van der Waals surface area contributed by atoms with Crippen molar-refractivity contribution in [1.29, 1.82) is 0 Å². The Morgan fingerprint density at radius 2 is 1.87 bits per heavy atom. The molecule has 1 aromatic rings. The summed E-state index contributed by atoms with van der Waals surface area (Å²) in [7, 11) is 1.68. The third-order valence-electron chi connectivity index (χ3n) is 2.72. The minimum absolute atomic E-state index is 0.243. The molecule has 1 aromatic carbocycles. The molecule has 0 aliphatic carbocycles. The Hall–Kier alpha value is -0.900. The summed E-state index contributed by atoms with van der Waals surface area (Å²) in [6.45, 7) is 4.25. The molecule has 0 aliphatic rings. The van der Waals surface area contributed by atoms with Gasteiger partial charge in [-0.25, -0.2) is 0 Å². The van der Waals surface area contributed by atoms with Crippen molar-refractivity contribution >= 4 is 0 Å². The van der Waals surface area contributed by atoms with Gasteiger partial charge < -0.3 is 15.6 Å². The molecule has 0 radical (unpaired) electrons. The fraction of sp³-hybridized carbons (Fsp3) is 0.500. The number of aliphatic hydroxyl groups is 1. The van der Waals surface area contributed by atoms with Crippen LogP contribution in [0.15, 0.2) is 24.3 Å². The topological polar surface area (TPSA) is 55.5 Å². The van der Waals surface area contributed by atoms with E-state index in [4.69, 9.17) is 10.5 Å². The van der Waals surface area contributed by atoms with Gasteiger partial charge in [0.1, 0.15) is 0 Å². The molecule has 3 heteroatoms. The van der Waals surface area contributed by atoms with E-state index in [0.717, 1.165) is 11.1 Å². The Bertz CT molecular complexity index is 306. The fourth-order valence-corrected chi connectivity index (χ4v) is 1.36. The Labute approximate surface area is 90.9 Å². The van der Waals surface area contributed by atoms with Crippen molar-refractivity contribution < 1.29 is 9.84 Å². The normalized spacial score (nSPS) is 13.9. The molecule has 1 atom stereocenters. The van der Waals surface area contributed by atoms with Crippen molar-refractivity contribution in [2.45, 2.75) is 25.6 Å². The van der Waals surface area contributed by atoms with Gasteiger partial charge >= 0.3 is 0 Å². The highest BCUT2D eigenvalue weighted by Crippen LogP contribution is 2.24. The molecular weight excluding hydrogens is 190 g/mol. The van der Waals surface area contributed by atoms with Crippen LogP contribution < -0.4 is 5.73 Å². The molecule has 0 saturated heterocycles. The van der Waals surface area contributed by atoms with Gasteiger partial charge in [-0.05, 0) is 25.0 Å². The van der Waals surface area contributed by atoms with Gasteiger partial charge in [0, 0.05) is 13.7 Å². The zero-order chi connectivity index (χ0) is 11.5. The molecule has 0 aliphatic heterocycles. The summed E-state index contributed by atoms with van der Waals surface area (Å²) >= 11 is 0. The van der Waals surface area contributed by atoms with Crippen molar-refractivity contribution in [3.63, 3.8) is 0 Å². The molecular formula is C12H19NO2. The first-order valence-corrected chi connectivity index (χ1v) is 5.05. The van der Waals surface area contributed by atoms with Crippen LogP contribution in [0.2, 0.25) is 0 Å². The lowest BCUT2D eigenvalue weighted by Crippen LogP contribution is -2.19. The Kier molecular flexibility index (Phi) is 3.85. The van der Waals surface area contributed by atoms with Gasteiger partial charge in [-0.3, -0.25) is 0 Å². The average molecular weight is 209 g/mol. The summed E-state index contributed by atoms with van der Waals surface area (Å²) in [5.74, 6) is 0. The summed E-state index contributed by atoms with van der Waals surface area (Å²) in [5, 5.41) is 9.52. The summed E-state index contributed by atoms with van der Waals surface area (Å²) in [6.07, 6.45) is -0.579. The third kappa shape index (κ3) is 2.78. The van der Waals surface area contributed by atoms with Gasteiger partial charge in [-0.1, -0.05) is 24.3 Å². The highest BCUT2D eigenvalue weighted by atomic mass is 16.5. The van der Waals surface area contributed by atoms with Gasteiger partial charge in [0.25, 0.3) is 0 Å². The van der Waals surface area contributed by atoms with Gasteiger partial charge in [-0.2, -0.15) is 0 Å². The van der Waals surface area contributed by atoms with Crippen LogP contribution in [0.1, 0.15) is 31.1 Å². The molecule has 15 heavy (non-hydrogen) atoms. The number of methoxy groups -OCH3 is 1. The van der Waals surface area contributed by atoms with E-state index in [1.54, 1.807) is 7.11 Å². The van der Waals surface area contributed by atoms with E-state index in [9.17, 15) is 5.11 Å². The number of benzene rings is 1. The number of hydrogen-bond acceptors (Lipinski definition) is 3. The Balaban J connectivity index is 2.90. The van der Waals surface area contributed by atoms with Crippen molar-refractivity contribution in [2.75, 3.05) is 13.7 Å². The summed E-state index contributed by atoms with van der Waals surface area (Å²) in [4.78, 5) is 0. The molecule has 0 bridgehead atoms. The van der Waals surface area contributed by atoms with Crippen LogP contribution in [0, 0.1) is 0 Å². The molecule has 0 amide bonds. The van der Waals surface area contributed by atoms with Crippen LogP contribution in [0.25, 0.3) is 0 Å². The molecule has 84 valence electrons. The van der Waals surface area contributed by atoms with E-state index in [-0.39, 0.29) is 12.1 Å². The summed E-state index contributed by atoms with van der Waals surface area (Å²) < 4.78 is 5.36. The van der Waals surface area contributed by atoms with Crippen molar-refractivity contribution in [2.24, 2.45) is 5.73 Å². The third-order valence-corrected chi connectivity index (χ3v) is 2.72. The second-order valence-electron chi connectivity index (χ2n) is 4.09. The van der Waals surface area contributed by atoms with E-state index in [2.05, 4.69) is 0 Å². The zero-order valence-electron chi connectivity index (χ0n) is 9.53. The highest BCUT2D eigenvalue weighted by molar-refractivity contribution is 5.27. The molecule has 0 fully saturated rings. The van der Waals surface area contributed by atoms with Crippen LogP contribution in [0.3, 0.4) is 0 Å². The molecule has 0 heterocycles. The Morgan fingerprint density at radius 1 is 1.33 bits per heavy atom. The largest absolute Gasteiger partial charge is 0.387 e. The van der Waals surface area contributed by atoms with Crippen LogP contribution in [-0.2, 0) is 10.3 Å². The lowest BCUT2D eigenvalue weighted by molar-refractivity contribution is 0.0191. The van der Waals surface area contributed by atoms with E-state index in [0.29, 0.717) is 0 Å². The maximum Gasteiger partial charge on any atom is 0.0912 e. The minimum atomic E-state index is -0.579. The molecule has 1 rings (SSSR count). The second kappa shape index (κ2) is 4.75. The predicted octanol–water partition coefficient (Wildman–Crippen LogP) is 1.56. The number of rotatable bonds is 4. The van der Waals surface area contributed by atoms with Gasteiger partial charge in [0.15, 0.2) is 0 Å². The Morgan fingerprint density at radius 3 is 2.27 bits per heavy atom. The molecule has 0 spiro atoms. The van der Waals surface area contributed by atoms with Crippen LogP contribution in [-0.4, -0.2) is 18.8 Å². The monoisotopic (exact) mass is 209 g/mol. The number of ether oxygens (including phenoxy) is 1. The van der Waals surface area contributed by atoms with Gasteiger partial charge in [0.2, 0.25) is 0 Å². The van der Waals surface area contributed by atoms with E-state index < -0.39 is 6.10 Å². The summed E-state index contributed by atoms with van der Waals surface area (Å²) in [6, 6.07) is 7.68. The van der Waals surface area contributed by atoms with Crippen molar-refractivity contribution in [3.8, 4) is 0 Å². The average Bonchev–Trinajstić information content (AvgIpc) is 2.28. The highest BCUT2D eigenvalue weighted by Gasteiger charge is 2.19. The number of aliphatic hydroxyl groups excluding tert-OH is 1. The van der Waals surface area contributed by atoms with E-state index >= 15 is 0 Å². The van der Waals surface area contributed by atoms with Gasteiger partial charge in [0.05, 0.1) is 11.7 Å². The quantitative estimate of drug-likeness (QED) is 0.791. The standard InChI is InChI=1S/C12H19NO2/c1-12(2,15-3)10-6-4-9(5-7-10)11(14)8-13/h4-7,11,14H,8,13H2,1-3H3. The fourth-order valence-electron chi connectivity index (χ4n) is 1.36.